The summed E-state index contributed by atoms with van der Waals surface area (Å²) >= 11 is 6.23. The quantitative estimate of drug-likeness (QED) is 0.367. The third-order valence-corrected chi connectivity index (χ3v) is 6.23. The number of fused-ring (bicyclic) bond motifs is 1. The summed E-state index contributed by atoms with van der Waals surface area (Å²) in [5.41, 5.74) is 3.57. The number of aryl methyl sites for hydroxylation is 2. The van der Waals surface area contributed by atoms with Crippen LogP contribution in [0.1, 0.15) is 27.2 Å². The van der Waals surface area contributed by atoms with Crippen LogP contribution in [0.25, 0.3) is 11.0 Å². The number of aromatic nitrogens is 1. The Morgan fingerprint density at radius 2 is 1.76 bits per heavy atom. The van der Waals surface area contributed by atoms with E-state index in [1.807, 2.05) is 13.8 Å². The molecule has 10 heteroatoms. The van der Waals surface area contributed by atoms with Crippen LogP contribution in [0, 0.1) is 13.8 Å². The van der Waals surface area contributed by atoms with Gasteiger partial charge in [-0.05, 0) is 24.6 Å². The number of hydrogen-bond acceptors (Lipinski definition) is 7. The molecule has 0 saturated carbocycles. The molecule has 4 aromatic rings. The summed E-state index contributed by atoms with van der Waals surface area (Å²) < 4.78 is 22.3. The fourth-order valence-electron chi connectivity index (χ4n) is 3.80. The van der Waals surface area contributed by atoms with Crippen LogP contribution in [0.15, 0.2) is 52.0 Å². The minimum absolute atomic E-state index is 0.0524. The first kappa shape index (κ1) is 26.0. The molecule has 2 aromatic heterocycles. The molecule has 0 aliphatic heterocycles. The van der Waals surface area contributed by atoms with Crippen molar-refractivity contribution in [3.05, 3.63) is 75.6 Å². The molecule has 37 heavy (non-hydrogen) atoms. The Labute approximate surface area is 218 Å². The highest BCUT2D eigenvalue weighted by Crippen LogP contribution is 2.32. The molecule has 0 spiro atoms. The molecule has 3 N–H and O–H groups in total. The molecule has 0 saturated heterocycles. The van der Waals surface area contributed by atoms with Gasteiger partial charge < -0.3 is 29.1 Å². The Morgan fingerprint density at radius 3 is 2.38 bits per heavy atom. The fourth-order valence-corrected chi connectivity index (χ4v) is 3.96. The van der Waals surface area contributed by atoms with Gasteiger partial charge in [-0.3, -0.25) is 4.79 Å². The predicted molar refractivity (Wildman–Crippen MR) is 139 cm³/mol. The first-order valence-corrected chi connectivity index (χ1v) is 11.7. The van der Waals surface area contributed by atoms with Crippen molar-refractivity contribution in [1.82, 2.24) is 0 Å². The predicted octanol–water partition coefficient (Wildman–Crippen LogP) is 4.52. The smallest absolute Gasteiger partial charge is 0.261 e. The van der Waals surface area contributed by atoms with Crippen molar-refractivity contribution < 1.29 is 33.5 Å². The number of amides is 1. The lowest BCUT2D eigenvalue weighted by atomic mass is 10.1. The third kappa shape index (κ3) is 5.37. The third-order valence-electron chi connectivity index (χ3n) is 5.82. The minimum Gasteiger partial charge on any atom is -0.497 e. The lowest BCUT2D eigenvalue weighted by Crippen LogP contribution is -2.23. The zero-order chi connectivity index (χ0) is 26.7. The maximum absolute atomic E-state index is 13.6. The summed E-state index contributed by atoms with van der Waals surface area (Å²) in [6.07, 6.45) is 1.67. The van der Waals surface area contributed by atoms with E-state index in [1.54, 1.807) is 42.6 Å². The zero-order valence-corrected chi connectivity index (χ0v) is 21.8. The molecule has 0 radical (unpaired) electrons. The van der Waals surface area contributed by atoms with Crippen molar-refractivity contribution in [2.75, 3.05) is 26.6 Å². The Balaban J connectivity index is 1.95. The zero-order valence-electron chi connectivity index (χ0n) is 21.1. The van der Waals surface area contributed by atoms with Crippen molar-refractivity contribution in [3.8, 4) is 17.2 Å². The number of aliphatic hydroxyl groups excluding tert-OH is 1. The van der Waals surface area contributed by atoms with Gasteiger partial charge in [0.05, 0.1) is 44.9 Å². The number of pyridine rings is 1. The Kier molecular flexibility index (Phi) is 7.66. The number of hydrogen-bond donors (Lipinski definition) is 2. The Bertz CT molecular complexity index is 1540. The summed E-state index contributed by atoms with van der Waals surface area (Å²) in [6.45, 7) is 3.40. The Morgan fingerprint density at radius 1 is 1.05 bits per heavy atom. The second kappa shape index (κ2) is 10.9. The summed E-state index contributed by atoms with van der Waals surface area (Å²) in [4.78, 5) is 21.3. The molecule has 0 atom stereocenters. The van der Waals surface area contributed by atoms with Gasteiger partial charge in [0.25, 0.3) is 5.91 Å². The van der Waals surface area contributed by atoms with Crippen LogP contribution < -0.4 is 30.1 Å². The van der Waals surface area contributed by atoms with E-state index in [2.05, 4.69) is 15.3 Å². The number of nitrogens with zero attached hydrogens (tertiary/aromatic N) is 1. The van der Waals surface area contributed by atoms with Gasteiger partial charge in [-0.15, -0.1) is 0 Å². The summed E-state index contributed by atoms with van der Waals surface area (Å²) in [7, 11) is 4.57. The molecule has 192 valence electrons. The number of carbonyl (C=O) groups is 1. The van der Waals surface area contributed by atoms with Crippen LogP contribution in [0.2, 0.25) is 5.02 Å². The highest BCUT2D eigenvalue weighted by Gasteiger charge is 2.20. The number of aliphatic hydroxyl groups is 1. The van der Waals surface area contributed by atoms with E-state index in [-0.39, 0.29) is 17.7 Å². The van der Waals surface area contributed by atoms with E-state index in [9.17, 15) is 9.90 Å². The van der Waals surface area contributed by atoms with Crippen LogP contribution in [0.3, 0.4) is 0 Å². The first-order valence-electron chi connectivity index (χ1n) is 11.3. The van der Waals surface area contributed by atoms with Gasteiger partial charge in [0.15, 0.2) is 6.20 Å². The average Bonchev–Trinajstić information content (AvgIpc) is 2.90. The van der Waals surface area contributed by atoms with E-state index >= 15 is 0 Å². The lowest BCUT2D eigenvalue weighted by Gasteiger charge is -2.13. The lowest BCUT2D eigenvalue weighted by molar-refractivity contribution is -0.386. The number of benzene rings is 2. The topological polar surface area (TPSA) is 117 Å². The van der Waals surface area contributed by atoms with Crippen molar-refractivity contribution >= 4 is 39.9 Å². The number of aromatic amines is 1. The van der Waals surface area contributed by atoms with Crippen molar-refractivity contribution in [3.63, 3.8) is 0 Å². The molecule has 4 rings (SSSR count). The number of carbonyl (C=O) groups excluding carboxylic acids is 1. The molecule has 1 amide bonds. The molecule has 0 aliphatic carbocycles. The van der Waals surface area contributed by atoms with Crippen LogP contribution in [0.4, 0.5) is 11.4 Å². The normalized spacial score (nSPS) is 11.5. The number of rotatable bonds is 7. The van der Waals surface area contributed by atoms with Crippen LogP contribution in [0.5, 0.6) is 17.2 Å². The minimum atomic E-state index is -0.492. The molecule has 2 heterocycles. The van der Waals surface area contributed by atoms with E-state index in [0.717, 1.165) is 5.56 Å². The van der Waals surface area contributed by atoms with E-state index in [4.69, 9.17) is 30.2 Å². The summed E-state index contributed by atoms with van der Waals surface area (Å²) in [5, 5.41) is 13.9. The fraction of sp³-hybridized carbons (Fsp3) is 0.222. The number of halogens is 1. The van der Waals surface area contributed by atoms with Gasteiger partial charge in [-0.2, -0.15) is 0 Å². The largest absolute Gasteiger partial charge is 0.497 e. The van der Waals surface area contributed by atoms with Crippen LogP contribution in [-0.4, -0.2) is 32.3 Å². The first-order chi connectivity index (χ1) is 17.8. The maximum Gasteiger partial charge on any atom is 0.261 e. The molecule has 0 aliphatic rings. The van der Waals surface area contributed by atoms with Gasteiger partial charge in [-0.1, -0.05) is 11.6 Å². The average molecular weight is 525 g/mol. The van der Waals surface area contributed by atoms with Crippen LogP contribution >= 0.6 is 11.6 Å². The second-order valence-electron chi connectivity index (χ2n) is 8.24. The molecule has 0 bridgehead atoms. The summed E-state index contributed by atoms with van der Waals surface area (Å²) in [6, 6.07) is 10.1. The number of nitrogens with one attached hydrogen (secondary N) is 2. The highest BCUT2D eigenvalue weighted by atomic mass is 35.5. The van der Waals surface area contributed by atoms with Gasteiger partial charge in [-0.25, -0.2) is 9.98 Å². The molecule has 2 aromatic carbocycles. The highest BCUT2D eigenvalue weighted by molar-refractivity contribution is 6.31. The van der Waals surface area contributed by atoms with Gasteiger partial charge in [0.1, 0.15) is 22.8 Å². The second-order valence-corrected chi connectivity index (χ2v) is 8.65. The molecule has 0 unspecified atom stereocenters. The Hall–Kier alpha value is -4.08. The van der Waals surface area contributed by atoms with Crippen molar-refractivity contribution in [1.29, 1.82) is 0 Å². The standard InChI is InChI=1S/C27H26ClN3O6/c1-14-6-23(24(36-5)11-22(14)28)31-26(33)21-10-20-16(13-32)12-29-15(2)25(20)37-27(21)30-17-7-18(34-3)9-19(8-17)35-4/h6-12,32H,13H2,1-5H3,(H,31,33)/p+1. The molecular weight excluding hydrogens is 498 g/mol. The van der Waals surface area contributed by atoms with E-state index in [0.29, 0.717) is 55.9 Å². The molecule has 9 nitrogen and oxygen atoms in total. The molecule has 0 fully saturated rings. The van der Waals surface area contributed by atoms with Gasteiger partial charge >= 0.3 is 0 Å². The van der Waals surface area contributed by atoms with Gasteiger partial charge in [0.2, 0.25) is 16.8 Å². The van der Waals surface area contributed by atoms with Crippen LogP contribution in [-0.2, 0) is 6.61 Å². The van der Waals surface area contributed by atoms with Crippen molar-refractivity contribution in [2.24, 2.45) is 4.99 Å². The molecular formula is C27H27ClN3O6+. The van der Waals surface area contributed by atoms with E-state index < -0.39 is 5.91 Å². The van der Waals surface area contributed by atoms with Gasteiger partial charge in [0, 0.05) is 41.6 Å². The number of ether oxygens (including phenoxy) is 3. The number of methoxy groups -OCH3 is 3. The monoisotopic (exact) mass is 524 g/mol. The SMILES string of the molecule is COc1cc(N=c2oc3c(C)[nH+]cc(CO)c3cc2C(=O)Nc2cc(C)c(Cl)cc2OC)cc(OC)c1. The maximum atomic E-state index is 13.6. The summed E-state index contributed by atoms with van der Waals surface area (Å²) in [5.74, 6) is 0.963. The van der Waals surface area contributed by atoms with E-state index in [1.165, 1.54) is 21.3 Å². The van der Waals surface area contributed by atoms with Crippen molar-refractivity contribution in [2.45, 2.75) is 20.5 Å². The number of anilines is 1. The number of H-pyrrole nitrogens is 1.